The van der Waals surface area contributed by atoms with Gasteiger partial charge in [0.1, 0.15) is 6.61 Å². The third-order valence-corrected chi connectivity index (χ3v) is 6.05. The van der Waals surface area contributed by atoms with Crippen LogP contribution >= 0.6 is 0 Å². The number of aryl methyl sites for hydroxylation is 1. The molecule has 1 aliphatic heterocycles. The van der Waals surface area contributed by atoms with E-state index in [0.717, 1.165) is 5.56 Å². The van der Waals surface area contributed by atoms with Crippen LogP contribution in [0, 0.1) is 6.92 Å². The molecular formula is C20H23NO5S. The Bertz CT molecular complexity index is 874. The first-order valence-corrected chi connectivity index (χ1v) is 10.3. The Kier molecular flexibility index (Phi) is 6.13. The van der Waals surface area contributed by atoms with Gasteiger partial charge in [0.25, 0.3) is 10.1 Å². The minimum absolute atomic E-state index is 0.190. The maximum absolute atomic E-state index is 12.5. The lowest BCUT2D eigenvalue weighted by Crippen LogP contribution is -2.41. The Morgan fingerprint density at radius 2 is 1.67 bits per heavy atom. The first-order chi connectivity index (χ1) is 13.0. The second-order valence-corrected chi connectivity index (χ2v) is 8.08. The number of piperidine rings is 1. The van der Waals surface area contributed by atoms with Gasteiger partial charge in [-0.2, -0.15) is 8.42 Å². The first-order valence-electron chi connectivity index (χ1n) is 8.90. The van der Waals surface area contributed by atoms with E-state index in [9.17, 15) is 13.2 Å². The molecule has 2 aromatic carbocycles. The molecule has 27 heavy (non-hydrogen) atoms. The zero-order valence-electron chi connectivity index (χ0n) is 15.2. The number of benzene rings is 2. The molecular weight excluding hydrogens is 366 g/mol. The number of ether oxygens (including phenoxy) is 1. The van der Waals surface area contributed by atoms with Gasteiger partial charge >= 0.3 is 6.09 Å². The average Bonchev–Trinajstić information content (AvgIpc) is 2.67. The van der Waals surface area contributed by atoms with E-state index in [2.05, 4.69) is 0 Å². The number of nitrogens with zero attached hydrogens (tertiary/aromatic N) is 1. The van der Waals surface area contributed by atoms with E-state index in [1.54, 1.807) is 36.1 Å². The molecule has 1 amide bonds. The largest absolute Gasteiger partial charge is 0.445 e. The monoisotopic (exact) mass is 389 g/mol. The van der Waals surface area contributed by atoms with E-state index in [1.165, 1.54) is 0 Å². The molecule has 2 aromatic rings. The van der Waals surface area contributed by atoms with Gasteiger partial charge in [0.05, 0.1) is 11.0 Å². The Morgan fingerprint density at radius 3 is 2.33 bits per heavy atom. The molecule has 0 spiro atoms. The SMILES string of the molecule is Cc1ccccc1S(=O)(=O)OC1CCN(C(=O)OCc2ccccc2)CC1. The van der Waals surface area contributed by atoms with Crippen molar-refractivity contribution in [2.24, 2.45) is 0 Å². The van der Waals surface area contributed by atoms with Crippen LogP contribution in [0.5, 0.6) is 0 Å². The fourth-order valence-electron chi connectivity index (χ4n) is 3.01. The topological polar surface area (TPSA) is 72.9 Å². The van der Waals surface area contributed by atoms with Crippen molar-refractivity contribution in [1.29, 1.82) is 0 Å². The molecule has 0 bridgehead atoms. The van der Waals surface area contributed by atoms with E-state index in [4.69, 9.17) is 8.92 Å². The summed E-state index contributed by atoms with van der Waals surface area (Å²) in [4.78, 5) is 14.0. The molecule has 0 N–H and O–H groups in total. The summed E-state index contributed by atoms with van der Waals surface area (Å²) in [6.07, 6.45) is 0.0729. The summed E-state index contributed by atoms with van der Waals surface area (Å²) in [5.74, 6) is 0. The first kappa shape index (κ1) is 19.4. The van der Waals surface area contributed by atoms with E-state index in [0.29, 0.717) is 31.5 Å². The van der Waals surface area contributed by atoms with Crippen molar-refractivity contribution in [2.75, 3.05) is 13.1 Å². The predicted molar refractivity (Wildman–Crippen MR) is 101 cm³/mol. The zero-order chi connectivity index (χ0) is 19.3. The predicted octanol–water partition coefficient (Wildman–Crippen LogP) is 3.50. The van der Waals surface area contributed by atoms with Crippen LogP contribution in [-0.4, -0.2) is 38.6 Å². The molecule has 0 atom stereocenters. The number of carbonyl (C=O) groups is 1. The highest BCUT2D eigenvalue weighted by Crippen LogP contribution is 2.23. The minimum atomic E-state index is -3.81. The summed E-state index contributed by atoms with van der Waals surface area (Å²) < 4.78 is 35.7. The molecule has 6 nitrogen and oxygen atoms in total. The maximum Gasteiger partial charge on any atom is 0.410 e. The molecule has 0 saturated carbocycles. The van der Waals surface area contributed by atoms with Crippen molar-refractivity contribution in [3.05, 3.63) is 65.7 Å². The third-order valence-electron chi connectivity index (χ3n) is 4.53. The van der Waals surface area contributed by atoms with Crippen LogP contribution in [0.2, 0.25) is 0 Å². The van der Waals surface area contributed by atoms with Crippen LogP contribution in [0.25, 0.3) is 0 Å². The van der Waals surface area contributed by atoms with Gasteiger partial charge in [-0.15, -0.1) is 0 Å². The molecule has 0 aromatic heterocycles. The number of hydrogen-bond acceptors (Lipinski definition) is 5. The van der Waals surface area contributed by atoms with E-state index < -0.39 is 16.2 Å². The van der Waals surface area contributed by atoms with Crippen molar-refractivity contribution in [2.45, 2.75) is 37.4 Å². The summed E-state index contributed by atoms with van der Waals surface area (Å²) in [7, 11) is -3.81. The van der Waals surface area contributed by atoms with Crippen LogP contribution in [0.3, 0.4) is 0 Å². The molecule has 1 heterocycles. The lowest BCUT2D eigenvalue weighted by atomic mass is 10.1. The number of likely N-dealkylation sites (tertiary alicyclic amines) is 1. The molecule has 3 rings (SSSR count). The van der Waals surface area contributed by atoms with Gasteiger partial charge in [-0.1, -0.05) is 48.5 Å². The second kappa shape index (κ2) is 8.54. The molecule has 0 unspecified atom stereocenters. The summed E-state index contributed by atoms with van der Waals surface area (Å²) in [5, 5.41) is 0. The van der Waals surface area contributed by atoms with Gasteiger partial charge in [-0.05, 0) is 37.0 Å². The summed E-state index contributed by atoms with van der Waals surface area (Å²) in [5.41, 5.74) is 1.58. The Hall–Kier alpha value is -2.38. The van der Waals surface area contributed by atoms with E-state index in [1.807, 2.05) is 30.3 Å². The molecule has 0 radical (unpaired) electrons. The van der Waals surface area contributed by atoms with Gasteiger partial charge in [0, 0.05) is 13.1 Å². The summed E-state index contributed by atoms with van der Waals surface area (Å²) in [6, 6.07) is 16.2. The third kappa shape index (κ3) is 5.08. The van der Waals surface area contributed by atoms with Crippen LogP contribution < -0.4 is 0 Å². The van der Waals surface area contributed by atoms with Crippen LogP contribution in [0.4, 0.5) is 4.79 Å². The fraction of sp³-hybridized carbons (Fsp3) is 0.350. The quantitative estimate of drug-likeness (QED) is 0.732. The van der Waals surface area contributed by atoms with Crippen LogP contribution in [-0.2, 0) is 25.6 Å². The second-order valence-electron chi connectivity index (χ2n) is 6.54. The van der Waals surface area contributed by atoms with Crippen LogP contribution in [0.15, 0.2) is 59.5 Å². The average molecular weight is 389 g/mol. The number of carbonyl (C=O) groups excluding carboxylic acids is 1. The fourth-order valence-corrected chi connectivity index (χ4v) is 4.38. The zero-order valence-corrected chi connectivity index (χ0v) is 16.0. The highest BCUT2D eigenvalue weighted by molar-refractivity contribution is 7.86. The summed E-state index contributed by atoms with van der Waals surface area (Å²) >= 11 is 0. The standard InChI is InChI=1S/C20H23NO5S/c1-16-7-5-6-10-19(16)27(23,24)26-18-11-13-21(14-12-18)20(22)25-15-17-8-3-2-4-9-17/h2-10,18H,11-15H2,1H3. The van der Waals surface area contributed by atoms with E-state index >= 15 is 0 Å². The number of rotatable bonds is 5. The lowest BCUT2D eigenvalue weighted by molar-refractivity contribution is 0.0658. The highest BCUT2D eigenvalue weighted by Gasteiger charge is 2.29. The molecule has 1 aliphatic rings. The van der Waals surface area contributed by atoms with Crippen molar-refractivity contribution < 1.29 is 22.1 Å². The summed E-state index contributed by atoms with van der Waals surface area (Å²) in [6.45, 7) is 2.77. The van der Waals surface area contributed by atoms with Gasteiger partial charge in [-0.25, -0.2) is 4.79 Å². The van der Waals surface area contributed by atoms with Gasteiger partial charge in [-0.3, -0.25) is 4.18 Å². The lowest BCUT2D eigenvalue weighted by Gasteiger charge is -2.30. The molecule has 1 fully saturated rings. The van der Waals surface area contributed by atoms with Gasteiger partial charge < -0.3 is 9.64 Å². The Labute approximate surface area is 159 Å². The Balaban J connectivity index is 1.50. The highest BCUT2D eigenvalue weighted by atomic mass is 32.2. The van der Waals surface area contributed by atoms with Crippen molar-refractivity contribution in [3.8, 4) is 0 Å². The molecule has 1 saturated heterocycles. The van der Waals surface area contributed by atoms with Crippen molar-refractivity contribution >= 4 is 16.2 Å². The normalized spacial score (nSPS) is 15.5. The van der Waals surface area contributed by atoms with Gasteiger partial charge in [0.2, 0.25) is 0 Å². The van der Waals surface area contributed by atoms with Gasteiger partial charge in [0.15, 0.2) is 0 Å². The molecule has 0 aliphatic carbocycles. The van der Waals surface area contributed by atoms with Crippen molar-refractivity contribution in [3.63, 3.8) is 0 Å². The van der Waals surface area contributed by atoms with Crippen LogP contribution in [0.1, 0.15) is 24.0 Å². The smallest absolute Gasteiger partial charge is 0.410 e. The molecule has 7 heteroatoms. The molecule has 144 valence electrons. The minimum Gasteiger partial charge on any atom is -0.445 e. The van der Waals surface area contributed by atoms with Crippen molar-refractivity contribution in [1.82, 2.24) is 4.90 Å². The number of hydrogen-bond donors (Lipinski definition) is 0. The number of amides is 1. The maximum atomic E-state index is 12.5. The Morgan fingerprint density at radius 1 is 1.04 bits per heavy atom. The van der Waals surface area contributed by atoms with E-state index in [-0.39, 0.29) is 17.6 Å².